The van der Waals surface area contributed by atoms with E-state index in [-0.39, 0.29) is 0 Å². The lowest BCUT2D eigenvalue weighted by atomic mass is 9.45. The molecule has 0 N–H and O–H groups in total. The van der Waals surface area contributed by atoms with Crippen molar-refractivity contribution < 1.29 is 0 Å². The van der Waals surface area contributed by atoms with Crippen LogP contribution in [0.15, 0.2) is 0 Å². The highest BCUT2D eigenvalue weighted by molar-refractivity contribution is 5.03. The fourth-order valence-electron chi connectivity index (χ4n) is 12.4. The van der Waals surface area contributed by atoms with E-state index in [0.29, 0.717) is 0 Å². The van der Waals surface area contributed by atoms with E-state index in [1.54, 1.807) is 128 Å². The maximum atomic E-state index is 1.68. The Morgan fingerprint density at radius 3 is 1.41 bits per heavy atom. The second kappa shape index (κ2) is 8.90. The molecule has 0 aromatic rings. The minimum Gasteiger partial charge on any atom is -0.0530 e. The van der Waals surface area contributed by atoms with Crippen LogP contribution in [0, 0.1) is 71.0 Å². The molecule has 0 amide bonds. The quantitative estimate of drug-likeness (QED) is 0.404. The summed E-state index contributed by atoms with van der Waals surface area (Å²) in [6.45, 7) is 0. The van der Waals surface area contributed by atoms with Crippen molar-refractivity contribution in [2.75, 3.05) is 0 Å². The molecule has 0 aromatic heterocycles. The molecule has 0 aromatic carbocycles. The number of hydrogen-bond donors (Lipinski definition) is 0. The molecule has 7 aliphatic rings. The topological polar surface area (TPSA) is 0 Å². The SMILES string of the molecule is C1CCC2CC(C3CCCCC3C3CC4CCC5CCCC6CCC(C3)C4C56)CCC2C1. The summed E-state index contributed by atoms with van der Waals surface area (Å²) in [4.78, 5) is 0. The molecule has 0 nitrogen and oxygen atoms in total. The molecule has 0 heterocycles. The van der Waals surface area contributed by atoms with Crippen molar-refractivity contribution in [3.63, 3.8) is 0 Å². The largest absolute Gasteiger partial charge is 0.0530 e. The van der Waals surface area contributed by atoms with Crippen molar-refractivity contribution in [1.29, 1.82) is 0 Å². The van der Waals surface area contributed by atoms with Crippen LogP contribution in [0.5, 0.6) is 0 Å². The number of fused-ring (bicyclic) bond motifs is 1. The first-order valence-electron chi connectivity index (χ1n) is 15.8. The number of hydrogen-bond acceptors (Lipinski definition) is 0. The molecule has 0 heteroatoms. The molecule has 180 valence electrons. The van der Waals surface area contributed by atoms with E-state index in [4.69, 9.17) is 0 Å². The molecule has 0 radical (unpaired) electrons. The predicted octanol–water partition coefficient (Wildman–Crippen LogP) is 9.28. The summed E-state index contributed by atoms with van der Waals surface area (Å²) in [5, 5.41) is 0. The van der Waals surface area contributed by atoms with Crippen molar-refractivity contribution in [1.82, 2.24) is 0 Å². The van der Waals surface area contributed by atoms with Gasteiger partial charge in [-0.05, 0) is 142 Å². The minimum atomic E-state index is 1.13. The van der Waals surface area contributed by atoms with Gasteiger partial charge in [0, 0.05) is 0 Å². The molecule has 32 heavy (non-hydrogen) atoms. The number of rotatable bonds is 2. The first-order chi connectivity index (χ1) is 15.8. The normalized spacial score (nSPS) is 55.5. The third kappa shape index (κ3) is 3.66. The Balaban J connectivity index is 1.08. The first-order valence-corrected chi connectivity index (χ1v) is 15.8. The summed E-state index contributed by atoms with van der Waals surface area (Å²) in [6.07, 6.45) is 32.2. The molecule has 7 fully saturated rings. The van der Waals surface area contributed by atoms with Gasteiger partial charge in [0.25, 0.3) is 0 Å². The Labute approximate surface area is 199 Å². The van der Waals surface area contributed by atoms with Crippen LogP contribution in [-0.2, 0) is 0 Å². The fourth-order valence-corrected chi connectivity index (χ4v) is 12.4. The summed E-state index contributed by atoms with van der Waals surface area (Å²) in [5.41, 5.74) is 0. The van der Waals surface area contributed by atoms with Crippen LogP contribution >= 0.6 is 0 Å². The van der Waals surface area contributed by atoms with Gasteiger partial charge in [-0.2, -0.15) is 0 Å². The summed E-state index contributed by atoms with van der Waals surface area (Å²) >= 11 is 0. The summed E-state index contributed by atoms with van der Waals surface area (Å²) < 4.78 is 0. The van der Waals surface area contributed by atoms with E-state index in [1.807, 2.05) is 0 Å². The fraction of sp³-hybridized carbons (Fsp3) is 1.00. The van der Waals surface area contributed by atoms with Crippen LogP contribution in [0.2, 0.25) is 0 Å². The second-order valence-electron chi connectivity index (χ2n) is 14.5. The molecule has 9 unspecified atom stereocenters. The van der Waals surface area contributed by atoms with E-state index < -0.39 is 0 Å². The van der Waals surface area contributed by atoms with E-state index in [9.17, 15) is 0 Å². The van der Waals surface area contributed by atoms with E-state index >= 15 is 0 Å². The molecule has 0 spiro atoms. The van der Waals surface area contributed by atoms with E-state index in [2.05, 4.69) is 0 Å². The zero-order chi connectivity index (χ0) is 21.1. The molecule has 7 aliphatic carbocycles. The zero-order valence-electron chi connectivity index (χ0n) is 21.1. The van der Waals surface area contributed by atoms with Gasteiger partial charge in [0.05, 0.1) is 0 Å². The van der Waals surface area contributed by atoms with Gasteiger partial charge in [-0.3, -0.25) is 0 Å². The molecule has 7 rings (SSSR count). The molecular weight excluding hydrogens is 384 g/mol. The molecule has 0 saturated heterocycles. The molecule has 0 bridgehead atoms. The average molecular weight is 437 g/mol. The second-order valence-corrected chi connectivity index (χ2v) is 14.5. The van der Waals surface area contributed by atoms with Crippen molar-refractivity contribution in [3.05, 3.63) is 0 Å². The minimum absolute atomic E-state index is 1.13. The van der Waals surface area contributed by atoms with Gasteiger partial charge in [0.1, 0.15) is 0 Å². The highest BCUT2D eigenvalue weighted by Crippen LogP contribution is 2.62. The highest BCUT2D eigenvalue weighted by atomic mass is 14.6. The Morgan fingerprint density at radius 2 is 0.688 bits per heavy atom. The van der Waals surface area contributed by atoms with Gasteiger partial charge in [0.15, 0.2) is 0 Å². The molecule has 0 aliphatic heterocycles. The van der Waals surface area contributed by atoms with Gasteiger partial charge in [-0.1, -0.05) is 57.8 Å². The van der Waals surface area contributed by atoms with E-state index in [1.165, 1.54) is 11.8 Å². The summed E-state index contributed by atoms with van der Waals surface area (Å²) in [7, 11) is 0. The lowest BCUT2D eigenvalue weighted by Crippen LogP contribution is -2.52. The van der Waals surface area contributed by atoms with Crippen LogP contribution in [-0.4, -0.2) is 0 Å². The smallest absolute Gasteiger partial charge is 0.0323 e. The Kier molecular flexibility index (Phi) is 5.92. The Hall–Kier alpha value is 0. The van der Waals surface area contributed by atoms with Crippen molar-refractivity contribution in [2.45, 2.75) is 128 Å². The van der Waals surface area contributed by atoms with E-state index in [0.717, 1.165) is 59.2 Å². The van der Waals surface area contributed by atoms with Gasteiger partial charge >= 0.3 is 0 Å². The third-order valence-electron chi connectivity index (χ3n) is 13.5. The molecule has 9 atom stereocenters. The van der Waals surface area contributed by atoms with Gasteiger partial charge in [-0.15, -0.1) is 0 Å². The maximum Gasteiger partial charge on any atom is -0.0323 e. The molecule has 7 saturated carbocycles. The van der Waals surface area contributed by atoms with Crippen LogP contribution in [0.3, 0.4) is 0 Å². The van der Waals surface area contributed by atoms with Crippen LogP contribution < -0.4 is 0 Å². The average Bonchev–Trinajstić information content (AvgIpc) is 2.87. The lowest BCUT2D eigenvalue weighted by molar-refractivity contribution is -0.103. The van der Waals surface area contributed by atoms with Gasteiger partial charge in [0.2, 0.25) is 0 Å². The Morgan fingerprint density at radius 1 is 0.250 bits per heavy atom. The van der Waals surface area contributed by atoms with Crippen molar-refractivity contribution >= 4 is 0 Å². The van der Waals surface area contributed by atoms with Crippen LogP contribution in [0.1, 0.15) is 128 Å². The maximum absolute atomic E-state index is 1.68. The van der Waals surface area contributed by atoms with Crippen LogP contribution in [0.25, 0.3) is 0 Å². The summed E-state index contributed by atoms with van der Waals surface area (Å²) in [5.74, 6) is 13.8. The van der Waals surface area contributed by atoms with Crippen LogP contribution in [0.4, 0.5) is 0 Å². The standard InChI is InChI=1S/C32H52/c1-2-7-24-18-25(15-12-21(24)6-1)29-10-3-4-11-30(29)28-19-26-16-13-22-8-5-9-23-14-17-27(20-28)32(26)31(22)23/h21-32H,1-20H2. The monoisotopic (exact) mass is 436 g/mol. The van der Waals surface area contributed by atoms with Crippen molar-refractivity contribution in [3.8, 4) is 0 Å². The van der Waals surface area contributed by atoms with Gasteiger partial charge < -0.3 is 0 Å². The molecular formula is C32H52. The zero-order valence-corrected chi connectivity index (χ0v) is 21.1. The first kappa shape index (κ1) is 21.3. The Bertz CT molecular complexity index is 624. The lowest BCUT2D eigenvalue weighted by Gasteiger charge is -2.60. The highest BCUT2D eigenvalue weighted by Gasteiger charge is 2.54. The summed E-state index contributed by atoms with van der Waals surface area (Å²) in [6, 6.07) is 0. The third-order valence-corrected chi connectivity index (χ3v) is 13.5. The predicted molar refractivity (Wildman–Crippen MR) is 134 cm³/mol. The van der Waals surface area contributed by atoms with Gasteiger partial charge in [-0.25, -0.2) is 0 Å². The van der Waals surface area contributed by atoms with Crippen molar-refractivity contribution in [2.24, 2.45) is 71.0 Å².